The molecule has 0 aliphatic heterocycles. The minimum atomic E-state index is -0.154. The molecule has 0 aliphatic rings. The third-order valence-corrected chi connectivity index (χ3v) is 2.77. The van der Waals surface area contributed by atoms with Crippen LogP contribution in [0, 0.1) is 12.7 Å². The topological polar surface area (TPSA) is 0 Å². The van der Waals surface area contributed by atoms with Crippen LogP contribution < -0.4 is 0 Å². The Morgan fingerprint density at radius 1 is 1.31 bits per heavy atom. The first-order chi connectivity index (χ1) is 6.02. The molecule has 0 radical (unpaired) electrons. The van der Waals surface area contributed by atoms with Crippen LogP contribution in [0.5, 0.6) is 0 Å². The zero-order valence-corrected chi connectivity index (χ0v) is 8.90. The predicted octanol–water partition coefficient (Wildman–Crippen LogP) is 3.86. The Balaban J connectivity index is 2.97. The molecule has 0 spiro atoms. The summed E-state index contributed by atoms with van der Waals surface area (Å²) < 4.78 is 12.9. The Bertz CT molecular complexity index is 294. The minimum Gasteiger partial charge on any atom is -0.207 e. The summed E-state index contributed by atoms with van der Waals surface area (Å²) in [6, 6.07) is 5.16. The SMILES string of the molecule is Cc1cc(C(C)C(C)Cl)ccc1F. The average Bonchev–Trinajstić information content (AvgIpc) is 2.08. The quantitative estimate of drug-likeness (QED) is 0.636. The first kappa shape index (κ1) is 10.5. The summed E-state index contributed by atoms with van der Waals surface area (Å²) in [4.78, 5) is 0. The normalized spacial score (nSPS) is 15.5. The van der Waals surface area contributed by atoms with E-state index in [1.54, 1.807) is 13.0 Å². The average molecular weight is 201 g/mol. The van der Waals surface area contributed by atoms with Crippen molar-refractivity contribution in [2.75, 3.05) is 0 Å². The summed E-state index contributed by atoms with van der Waals surface area (Å²) in [7, 11) is 0. The van der Waals surface area contributed by atoms with Gasteiger partial charge in [-0.2, -0.15) is 0 Å². The molecule has 1 aromatic carbocycles. The largest absolute Gasteiger partial charge is 0.207 e. The number of benzene rings is 1. The molecule has 72 valence electrons. The Morgan fingerprint density at radius 2 is 1.92 bits per heavy atom. The summed E-state index contributed by atoms with van der Waals surface area (Å²) in [5.41, 5.74) is 1.78. The summed E-state index contributed by atoms with van der Waals surface area (Å²) in [5.74, 6) is 0.110. The second-order valence-electron chi connectivity index (χ2n) is 3.47. The molecule has 2 heteroatoms. The Kier molecular flexibility index (Phi) is 3.32. The second kappa shape index (κ2) is 4.10. The van der Waals surface area contributed by atoms with Gasteiger partial charge in [-0.15, -0.1) is 11.6 Å². The van der Waals surface area contributed by atoms with Crippen LogP contribution in [0.1, 0.15) is 30.9 Å². The highest BCUT2D eigenvalue weighted by Crippen LogP contribution is 2.24. The molecule has 0 fully saturated rings. The molecule has 0 aromatic heterocycles. The van der Waals surface area contributed by atoms with E-state index >= 15 is 0 Å². The van der Waals surface area contributed by atoms with Crippen LogP contribution >= 0.6 is 11.6 Å². The van der Waals surface area contributed by atoms with Crippen LogP contribution in [0.15, 0.2) is 18.2 Å². The minimum absolute atomic E-state index is 0.0739. The van der Waals surface area contributed by atoms with Gasteiger partial charge in [0, 0.05) is 5.38 Å². The molecule has 1 aromatic rings. The molecule has 0 heterocycles. The van der Waals surface area contributed by atoms with Gasteiger partial charge >= 0.3 is 0 Å². The van der Waals surface area contributed by atoms with Gasteiger partial charge in [0.05, 0.1) is 0 Å². The van der Waals surface area contributed by atoms with Crippen molar-refractivity contribution in [1.82, 2.24) is 0 Å². The lowest BCUT2D eigenvalue weighted by Gasteiger charge is -2.14. The molecule has 2 unspecified atom stereocenters. The zero-order valence-electron chi connectivity index (χ0n) is 8.14. The van der Waals surface area contributed by atoms with Crippen LogP contribution in [0.25, 0.3) is 0 Å². The van der Waals surface area contributed by atoms with Gasteiger partial charge in [0.1, 0.15) is 5.82 Å². The van der Waals surface area contributed by atoms with Crippen molar-refractivity contribution >= 4 is 11.6 Å². The van der Waals surface area contributed by atoms with Crippen molar-refractivity contribution in [3.05, 3.63) is 35.1 Å². The van der Waals surface area contributed by atoms with E-state index in [1.807, 2.05) is 19.9 Å². The summed E-state index contributed by atoms with van der Waals surface area (Å²) in [5, 5.41) is 0.0739. The number of hydrogen-bond donors (Lipinski definition) is 0. The van der Waals surface area contributed by atoms with E-state index in [-0.39, 0.29) is 17.1 Å². The monoisotopic (exact) mass is 200 g/mol. The van der Waals surface area contributed by atoms with Gasteiger partial charge in [0.15, 0.2) is 0 Å². The molecule has 2 atom stereocenters. The van der Waals surface area contributed by atoms with Gasteiger partial charge < -0.3 is 0 Å². The first-order valence-corrected chi connectivity index (χ1v) is 4.86. The van der Waals surface area contributed by atoms with Crippen molar-refractivity contribution in [3.63, 3.8) is 0 Å². The Morgan fingerprint density at radius 3 is 2.38 bits per heavy atom. The van der Waals surface area contributed by atoms with E-state index in [9.17, 15) is 4.39 Å². The lowest BCUT2D eigenvalue weighted by Crippen LogP contribution is -2.05. The second-order valence-corrected chi connectivity index (χ2v) is 4.16. The third-order valence-electron chi connectivity index (χ3n) is 2.40. The number of aryl methyl sites for hydroxylation is 1. The van der Waals surface area contributed by atoms with Crippen molar-refractivity contribution in [1.29, 1.82) is 0 Å². The maximum atomic E-state index is 12.9. The summed E-state index contributed by atoms with van der Waals surface area (Å²) in [6.07, 6.45) is 0. The summed E-state index contributed by atoms with van der Waals surface area (Å²) in [6.45, 7) is 5.76. The maximum Gasteiger partial charge on any atom is 0.126 e. The summed E-state index contributed by atoms with van der Waals surface area (Å²) >= 11 is 5.96. The standard InChI is InChI=1S/C11H14ClF/c1-7-6-10(4-5-11(7)13)8(2)9(3)12/h4-6,8-9H,1-3H3. The fourth-order valence-corrected chi connectivity index (χ4v) is 1.36. The van der Waals surface area contributed by atoms with Crippen molar-refractivity contribution in [3.8, 4) is 0 Å². The Labute approximate surface area is 83.7 Å². The van der Waals surface area contributed by atoms with E-state index in [0.29, 0.717) is 5.56 Å². The van der Waals surface area contributed by atoms with Gasteiger partial charge in [0.25, 0.3) is 0 Å². The molecule has 0 bridgehead atoms. The van der Waals surface area contributed by atoms with E-state index in [4.69, 9.17) is 11.6 Å². The molecule has 0 aliphatic carbocycles. The highest BCUT2D eigenvalue weighted by Gasteiger charge is 2.12. The third kappa shape index (κ3) is 2.44. The first-order valence-electron chi connectivity index (χ1n) is 4.42. The van der Waals surface area contributed by atoms with Gasteiger partial charge in [-0.05, 0) is 37.0 Å². The van der Waals surface area contributed by atoms with Crippen molar-refractivity contribution in [2.24, 2.45) is 0 Å². The molecule has 1 rings (SSSR count). The molecule has 0 saturated heterocycles. The van der Waals surface area contributed by atoms with Crippen LogP contribution in [0.2, 0.25) is 0 Å². The van der Waals surface area contributed by atoms with E-state index in [0.717, 1.165) is 5.56 Å². The molecule has 13 heavy (non-hydrogen) atoms. The van der Waals surface area contributed by atoms with Crippen molar-refractivity contribution < 1.29 is 4.39 Å². The van der Waals surface area contributed by atoms with Gasteiger partial charge in [-0.1, -0.05) is 19.1 Å². The van der Waals surface area contributed by atoms with Gasteiger partial charge in [-0.25, -0.2) is 4.39 Å². The number of alkyl halides is 1. The van der Waals surface area contributed by atoms with E-state index in [2.05, 4.69) is 0 Å². The van der Waals surface area contributed by atoms with Gasteiger partial charge in [0.2, 0.25) is 0 Å². The van der Waals surface area contributed by atoms with Crippen LogP contribution in [-0.4, -0.2) is 5.38 Å². The molecule has 0 nitrogen and oxygen atoms in total. The van der Waals surface area contributed by atoms with Crippen LogP contribution in [0.3, 0.4) is 0 Å². The highest BCUT2D eigenvalue weighted by atomic mass is 35.5. The Hall–Kier alpha value is -0.560. The predicted molar refractivity (Wildman–Crippen MR) is 54.9 cm³/mol. The highest BCUT2D eigenvalue weighted by molar-refractivity contribution is 6.20. The van der Waals surface area contributed by atoms with Crippen molar-refractivity contribution in [2.45, 2.75) is 32.1 Å². The number of halogens is 2. The molecule has 0 amide bonds. The molecule has 0 N–H and O–H groups in total. The van der Waals surface area contributed by atoms with E-state index in [1.165, 1.54) is 6.07 Å². The number of hydrogen-bond acceptors (Lipinski definition) is 0. The fourth-order valence-electron chi connectivity index (χ4n) is 1.22. The van der Waals surface area contributed by atoms with E-state index < -0.39 is 0 Å². The van der Waals surface area contributed by atoms with Crippen LogP contribution in [-0.2, 0) is 0 Å². The molecule has 0 saturated carbocycles. The fraction of sp³-hybridized carbons (Fsp3) is 0.455. The van der Waals surface area contributed by atoms with Crippen LogP contribution in [0.4, 0.5) is 4.39 Å². The lowest BCUT2D eigenvalue weighted by atomic mass is 9.97. The molecular weight excluding hydrogens is 187 g/mol. The maximum absolute atomic E-state index is 12.9. The van der Waals surface area contributed by atoms with Gasteiger partial charge in [-0.3, -0.25) is 0 Å². The molecular formula is C11H14ClF. The zero-order chi connectivity index (χ0) is 10.0. The smallest absolute Gasteiger partial charge is 0.126 e. The lowest BCUT2D eigenvalue weighted by molar-refractivity contribution is 0.615. The number of rotatable bonds is 2.